The number of hydrogen-bond acceptors (Lipinski definition) is 4. The van der Waals surface area contributed by atoms with E-state index in [0.717, 1.165) is 28.4 Å². The highest BCUT2D eigenvalue weighted by atomic mass is 16.6. The SMILES string of the molecule is CCOc1cccc(C(N)c2ccc3c(c2)OCCO3)c1. The molecule has 0 bridgehead atoms. The van der Waals surface area contributed by atoms with Crippen molar-refractivity contribution in [1.29, 1.82) is 0 Å². The summed E-state index contributed by atoms with van der Waals surface area (Å²) >= 11 is 0. The molecule has 1 aliphatic heterocycles. The third-order valence-electron chi connectivity index (χ3n) is 3.45. The van der Waals surface area contributed by atoms with Crippen LogP contribution in [-0.4, -0.2) is 19.8 Å². The molecule has 2 aromatic carbocycles. The lowest BCUT2D eigenvalue weighted by molar-refractivity contribution is 0.171. The van der Waals surface area contributed by atoms with Crippen LogP contribution in [0.4, 0.5) is 0 Å². The Kier molecular flexibility index (Phi) is 3.97. The van der Waals surface area contributed by atoms with E-state index in [4.69, 9.17) is 19.9 Å². The Labute approximate surface area is 124 Å². The van der Waals surface area contributed by atoms with E-state index < -0.39 is 0 Å². The van der Waals surface area contributed by atoms with Gasteiger partial charge in [0.05, 0.1) is 12.6 Å². The summed E-state index contributed by atoms with van der Waals surface area (Å²) in [6, 6.07) is 13.5. The number of nitrogens with two attached hydrogens (primary N) is 1. The molecular formula is C17H19NO3. The average Bonchev–Trinajstić information content (AvgIpc) is 2.54. The highest BCUT2D eigenvalue weighted by Gasteiger charge is 2.16. The van der Waals surface area contributed by atoms with Gasteiger partial charge in [0.2, 0.25) is 0 Å². The van der Waals surface area contributed by atoms with Gasteiger partial charge in [0.15, 0.2) is 11.5 Å². The molecule has 110 valence electrons. The third kappa shape index (κ3) is 2.95. The number of benzene rings is 2. The first-order valence-electron chi connectivity index (χ1n) is 7.16. The lowest BCUT2D eigenvalue weighted by Gasteiger charge is -2.21. The summed E-state index contributed by atoms with van der Waals surface area (Å²) in [6.07, 6.45) is 0. The summed E-state index contributed by atoms with van der Waals surface area (Å²) in [7, 11) is 0. The maximum absolute atomic E-state index is 6.36. The number of hydrogen-bond donors (Lipinski definition) is 1. The van der Waals surface area contributed by atoms with Crippen LogP contribution < -0.4 is 19.9 Å². The molecule has 0 saturated carbocycles. The van der Waals surface area contributed by atoms with Gasteiger partial charge in [-0.3, -0.25) is 0 Å². The first-order chi connectivity index (χ1) is 10.3. The predicted molar refractivity (Wildman–Crippen MR) is 81.1 cm³/mol. The molecule has 0 radical (unpaired) electrons. The molecule has 0 fully saturated rings. The summed E-state index contributed by atoms with van der Waals surface area (Å²) < 4.78 is 16.7. The monoisotopic (exact) mass is 285 g/mol. The second kappa shape index (κ2) is 6.06. The van der Waals surface area contributed by atoms with Gasteiger partial charge in [-0.2, -0.15) is 0 Å². The number of ether oxygens (including phenoxy) is 3. The molecule has 0 spiro atoms. The molecule has 4 nitrogen and oxygen atoms in total. The molecule has 0 aromatic heterocycles. The lowest BCUT2D eigenvalue weighted by atomic mass is 9.99. The zero-order chi connectivity index (χ0) is 14.7. The maximum Gasteiger partial charge on any atom is 0.161 e. The summed E-state index contributed by atoms with van der Waals surface area (Å²) in [4.78, 5) is 0. The zero-order valence-electron chi connectivity index (χ0n) is 12.0. The van der Waals surface area contributed by atoms with Gasteiger partial charge < -0.3 is 19.9 Å². The van der Waals surface area contributed by atoms with Crippen molar-refractivity contribution in [3.05, 3.63) is 53.6 Å². The molecule has 0 saturated heterocycles. The van der Waals surface area contributed by atoms with E-state index >= 15 is 0 Å². The Bertz CT molecular complexity index is 627. The predicted octanol–water partition coefficient (Wildman–Crippen LogP) is 2.90. The Hall–Kier alpha value is -2.20. The van der Waals surface area contributed by atoms with Crippen LogP contribution in [0.1, 0.15) is 24.1 Å². The number of rotatable bonds is 4. The minimum absolute atomic E-state index is 0.221. The average molecular weight is 285 g/mol. The molecule has 4 heteroatoms. The highest BCUT2D eigenvalue weighted by Crippen LogP contribution is 2.34. The minimum atomic E-state index is -0.221. The fourth-order valence-corrected chi connectivity index (χ4v) is 2.41. The summed E-state index contributed by atoms with van der Waals surface area (Å²) in [5.74, 6) is 2.37. The quantitative estimate of drug-likeness (QED) is 0.938. The van der Waals surface area contributed by atoms with E-state index in [9.17, 15) is 0 Å². The normalized spacial score (nSPS) is 14.6. The van der Waals surface area contributed by atoms with Gasteiger partial charge in [0.1, 0.15) is 19.0 Å². The van der Waals surface area contributed by atoms with Crippen LogP contribution in [0.15, 0.2) is 42.5 Å². The van der Waals surface area contributed by atoms with Crippen molar-refractivity contribution < 1.29 is 14.2 Å². The molecule has 0 amide bonds. The smallest absolute Gasteiger partial charge is 0.161 e. The minimum Gasteiger partial charge on any atom is -0.494 e. The first-order valence-corrected chi connectivity index (χ1v) is 7.16. The van der Waals surface area contributed by atoms with Gasteiger partial charge in [-0.25, -0.2) is 0 Å². The van der Waals surface area contributed by atoms with Crippen molar-refractivity contribution in [3.8, 4) is 17.2 Å². The van der Waals surface area contributed by atoms with E-state index in [1.807, 2.05) is 49.4 Å². The molecule has 0 aliphatic carbocycles. The van der Waals surface area contributed by atoms with E-state index in [0.29, 0.717) is 19.8 Å². The van der Waals surface area contributed by atoms with Crippen LogP contribution in [0.3, 0.4) is 0 Å². The summed E-state index contributed by atoms with van der Waals surface area (Å²) in [5, 5.41) is 0. The van der Waals surface area contributed by atoms with Crippen LogP contribution in [0, 0.1) is 0 Å². The molecule has 1 heterocycles. The topological polar surface area (TPSA) is 53.7 Å². The van der Waals surface area contributed by atoms with Crippen molar-refractivity contribution >= 4 is 0 Å². The van der Waals surface area contributed by atoms with Crippen LogP contribution in [0.5, 0.6) is 17.2 Å². The van der Waals surface area contributed by atoms with Crippen molar-refractivity contribution in [2.45, 2.75) is 13.0 Å². The Morgan fingerprint density at radius 3 is 2.62 bits per heavy atom. The molecule has 2 N–H and O–H groups in total. The summed E-state index contributed by atoms with van der Waals surface area (Å²) in [6.45, 7) is 3.77. The molecule has 21 heavy (non-hydrogen) atoms. The van der Waals surface area contributed by atoms with Gasteiger partial charge in [-0.1, -0.05) is 18.2 Å². The molecule has 2 aromatic rings. The molecule has 1 aliphatic rings. The summed E-state index contributed by atoms with van der Waals surface area (Å²) in [5.41, 5.74) is 8.37. The van der Waals surface area contributed by atoms with Gasteiger partial charge in [-0.15, -0.1) is 0 Å². The third-order valence-corrected chi connectivity index (χ3v) is 3.45. The second-order valence-electron chi connectivity index (χ2n) is 4.89. The van der Waals surface area contributed by atoms with E-state index in [1.165, 1.54) is 0 Å². The number of fused-ring (bicyclic) bond motifs is 1. The van der Waals surface area contributed by atoms with Crippen molar-refractivity contribution in [2.24, 2.45) is 5.73 Å². The van der Waals surface area contributed by atoms with Crippen LogP contribution in [0.2, 0.25) is 0 Å². The first kappa shape index (κ1) is 13.8. The van der Waals surface area contributed by atoms with Gasteiger partial charge in [0, 0.05) is 0 Å². The highest BCUT2D eigenvalue weighted by molar-refractivity contribution is 5.47. The Balaban J connectivity index is 1.87. The standard InChI is InChI=1S/C17H19NO3/c1-2-19-14-5-3-4-12(10-14)17(18)13-6-7-15-16(11-13)21-9-8-20-15/h3-7,10-11,17H,2,8-9,18H2,1H3. The van der Waals surface area contributed by atoms with Crippen molar-refractivity contribution in [3.63, 3.8) is 0 Å². The zero-order valence-corrected chi connectivity index (χ0v) is 12.0. The molecule has 1 unspecified atom stereocenters. The van der Waals surface area contributed by atoms with Crippen LogP contribution in [-0.2, 0) is 0 Å². The van der Waals surface area contributed by atoms with Crippen molar-refractivity contribution in [1.82, 2.24) is 0 Å². The Morgan fingerprint density at radius 2 is 1.81 bits per heavy atom. The lowest BCUT2D eigenvalue weighted by Crippen LogP contribution is -2.17. The fourth-order valence-electron chi connectivity index (χ4n) is 2.41. The van der Waals surface area contributed by atoms with Gasteiger partial charge in [0.25, 0.3) is 0 Å². The maximum atomic E-state index is 6.36. The molecule has 3 rings (SSSR count). The molecular weight excluding hydrogens is 266 g/mol. The second-order valence-corrected chi connectivity index (χ2v) is 4.89. The van der Waals surface area contributed by atoms with E-state index in [-0.39, 0.29) is 6.04 Å². The van der Waals surface area contributed by atoms with Gasteiger partial charge in [-0.05, 0) is 42.3 Å². The van der Waals surface area contributed by atoms with Crippen LogP contribution in [0.25, 0.3) is 0 Å². The molecule has 1 atom stereocenters. The van der Waals surface area contributed by atoms with E-state index in [1.54, 1.807) is 0 Å². The largest absolute Gasteiger partial charge is 0.494 e. The van der Waals surface area contributed by atoms with Crippen molar-refractivity contribution in [2.75, 3.05) is 19.8 Å². The fraction of sp³-hybridized carbons (Fsp3) is 0.294. The van der Waals surface area contributed by atoms with Crippen LogP contribution >= 0.6 is 0 Å². The Morgan fingerprint density at radius 1 is 1.05 bits per heavy atom. The van der Waals surface area contributed by atoms with Gasteiger partial charge >= 0.3 is 0 Å². The van der Waals surface area contributed by atoms with E-state index in [2.05, 4.69) is 0 Å².